The second-order valence-corrected chi connectivity index (χ2v) is 3.97. The van der Waals surface area contributed by atoms with Gasteiger partial charge in [0.1, 0.15) is 5.78 Å². The average Bonchev–Trinajstić information content (AvgIpc) is 2.46. The molecule has 0 spiro atoms. The van der Waals surface area contributed by atoms with E-state index >= 15 is 0 Å². The first-order valence-corrected chi connectivity index (χ1v) is 4.91. The van der Waals surface area contributed by atoms with E-state index in [-0.39, 0.29) is 11.7 Å². The fraction of sp³-hybridized carbons (Fsp3) is 0.727. The average molecular weight is 178 g/mol. The summed E-state index contributed by atoms with van der Waals surface area (Å²) in [5, 5.41) is 0. The van der Waals surface area contributed by atoms with Gasteiger partial charge < -0.3 is 4.74 Å². The Labute approximate surface area is 78.7 Å². The first-order chi connectivity index (χ1) is 6.29. The third-order valence-electron chi connectivity index (χ3n) is 3.02. The summed E-state index contributed by atoms with van der Waals surface area (Å²) in [4.78, 5) is 11.5. The molecule has 0 aromatic heterocycles. The highest BCUT2D eigenvalue weighted by Gasteiger charge is 2.37. The van der Waals surface area contributed by atoms with Gasteiger partial charge in [-0.15, -0.1) is 6.42 Å². The molecule has 2 unspecified atom stereocenters. The summed E-state index contributed by atoms with van der Waals surface area (Å²) in [6.07, 6.45) is 10.2. The molecule has 0 N–H and O–H groups in total. The number of fused-ring (bicyclic) bond motifs is 2. The van der Waals surface area contributed by atoms with Crippen LogP contribution in [-0.4, -0.2) is 18.0 Å². The Hall–Kier alpha value is -0.810. The number of terminal acetylenes is 1. The molecule has 2 fully saturated rings. The molecule has 70 valence electrons. The zero-order valence-electron chi connectivity index (χ0n) is 7.66. The Morgan fingerprint density at radius 1 is 1.38 bits per heavy atom. The van der Waals surface area contributed by atoms with Crippen LogP contribution in [0.2, 0.25) is 0 Å². The van der Waals surface area contributed by atoms with Crippen LogP contribution < -0.4 is 0 Å². The molecule has 0 aromatic rings. The zero-order valence-corrected chi connectivity index (χ0v) is 7.66. The number of carbonyl (C=O) groups excluding carboxylic acids is 1. The summed E-state index contributed by atoms with van der Waals surface area (Å²) in [6.45, 7) is 0. The monoisotopic (exact) mass is 178 g/mol. The summed E-state index contributed by atoms with van der Waals surface area (Å²) >= 11 is 0. The van der Waals surface area contributed by atoms with Crippen molar-refractivity contribution in [2.24, 2.45) is 5.92 Å². The van der Waals surface area contributed by atoms with E-state index in [1.165, 1.54) is 0 Å². The zero-order chi connectivity index (χ0) is 9.26. The van der Waals surface area contributed by atoms with E-state index in [0.717, 1.165) is 25.7 Å². The first-order valence-electron chi connectivity index (χ1n) is 4.91. The molecule has 0 saturated carbocycles. The molecule has 0 aromatic carbocycles. The molecule has 2 heteroatoms. The van der Waals surface area contributed by atoms with Crippen LogP contribution >= 0.6 is 0 Å². The van der Waals surface area contributed by atoms with Crippen LogP contribution in [0.25, 0.3) is 0 Å². The van der Waals surface area contributed by atoms with Crippen LogP contribution in [0.4, 0.5) is 0 Å². The van der Waals surface area contributed by atoms with Gasteiger partial charge in [0.2, 0.25) is 0 Å². The minimum Gasteiger partial charge on any atom is -0.375 e. The Kier molecular flexibility index (Phi) is 2.37. The van der Waals surface area contributed by atoms with Crippen LogP contribution in [0.15, 0.2) is 0 Å². The van der Waals surface area contributed by atoms with Gasteiger partial charge in [-0.2, -0.15) is 0 Å². The lowest BCUT2D eigenvalue weighted by Crippen LogP contribution is -2.29. The van der Waals surface area contributed by atoms with Gasteiger partial charge in [0, 0.05) is 5.92 Å². The molecule has 2 heterocycles. The van der Waals surface area contributed by atoms with Crippen molar-refractivity contribution >= 4 is 5.78 Å². The molecule has 2 nitrogen and oxygen atoms in total. The molecular weight excluding hydrogens is 164 g/mol. The number of hydrogen-bond donors (Lipinski definition) is 0. The van der Waals surface area contributed by atoms with E-state index in [0.29, 0.717) is 18.6 Å². The highest BCUT2D eigenvalue weighted by atomic mass is 16.5. The fourth-order valence-electron chi connectivity index (χ4n) is 2.37. The Morgan fingerprint density at radius 3 is 2.54 bits per heavy atom. The minimum atomic E-state index is 0.183. The molecule has 0 radical (unpaired) electrons. The van der Waals surface area contributed by atoms with Crippen molar-refractivity contribution < 1.29 is 9.53 Å². The van der Waals surface area contributed by atoms with E-state index in [9.17, 15) is 4.79 Å². The van der Waals surface area contributed by atoms with Crippen molar-refractivity contribution in [3.63, 3.8) is 0 Å². The van der Waals surface area contributed by atoms with Gasteiger partial charge >= 0.3 is 0 Å². The van der Waals surface area contributed by atoms with Crippen molar-refractivity contribution in [2.45, 2.75) is 44.3 Å². The SMILES string of the molecule is C#CCC(=O)C1CC2CCC(C1)O2. The van der Waals surface area contributed by atoms with Crippen LogP contribution in [0.5, 0.6) is 0 Å². The maximum absolute atomic E-state index is 11.5. The molecule has 2 rings (SSSR count). The second kappa shape index (κ2) is 3.51. The lowest BCUT2D eigenvalue weighted by Gasteiger charge is -2.26. The number of Topliss-reactive ketones (excluding diaryl/α,β-unsaturated/α-hetero) is 1. The van der Waals surface area contributed by atoms with E-state index in [4.69, 9.17) is 11.2 Å². The Morgan fingerprint density at radius 2 is 2.00 bits per heavy atom. The highest BCUT2D eigenvalue weighted by Crippen LogP contribution is 2.36. The lowest BCUT2D eigenvalue weighted by molar-refractivity contribution is -0.127. The van der Waals surface area contributed by atoms with Crippen molar-refractivity contribution in [3.8, 4) is 12.3 Å². The molecule has 2 aliphatic rings. The summed E-state index contributed by atoms with van der Waals surface area (Å²) in [5.74, 6) is 2.85. The van der Waals surface area contributed by atoms with Gasteiger partial charge in [-0.3, -0.25) is 4.79 Å². The first kappa shape index (κ1) is 8.77. The van der Waals surface area contributed by atoms with Crippen molar-refractivity contribution in [1.82, 2.24) is 0 Å². The number of rotatable bonds is 2. The molecule has 0 amide bonds. The normalized spacial score (nSPS) is 37.0. The maximum Gasteiger partial charge on any atom is 0.148 e. The molecule has 2 atom stereocenters. The van der Waals surface area contributed by atoms with Crippen LogP contribution in [-0.2, 0) is 9.53 Å². The summed E-state index contributed by atoms with van der Waals surface area (Å²) in [7, 11) is 0. The van der Waals surface area contributed by atoms with Gasteiger partial charge in [0.15, 0.2) is 0 Å². The van der Waals surface area contributed by atoms with E-state index in [1.54, 1.807) is 0 Å². The van der Waals surface area contributed by atoms with Crippen molar-refractivity contribution in [2.75, 3.05) is 0 Å². The summed E-state index contributed by atoms with van der Waals surface area (Å²) in [5.41, 5.74) is 0. The number of ketones is 1. The standard InChI is InChI=1S/C11H14O2/c1-2-3-11(12)8-6-9-4-5-10(7-8)13-9/h1,8-10H,3-7H2. The van der Waals surface area contributed by atoms with Gasteiger partial charge in [-0.25, -0.2) is 0 Å². The van der Waals surface area contributed by atoms with Crippen molar-refractivity contribution in [1.29, 1.82) is 0 Å². The molecular formula is C11H14O2. The fourth-order valence-corrected chi connectivity index (χ4v) is 2.37. The third kappa shape index (κ3) is 1.76. The maximum atomic E-state index is 11.5. The van der Waals surface area contributed by atoms with E-state index < -0.39 is 0 Å². The summed E-state index contributed by atoms with van der Waals surface area (Å²) in [6, 6.07) is 0. The molecule has 2 aliphatic heterocycles. The number of ether oxygens (including phenoxy) is 1. The van der Waals surface area contributed by atoms with Gasteiger partial charge in [-0.1, -0.05) is 5.92 Å². The van der Waals surface area contributed by atoms with Gasteiger partial charge in [0.05, 0.1) is 18.6 Å². The van der Waals surface area contributed by atoms with E-state index in [2.05, 4.69) is 5.92 Å². The molecule has 2 saturated heterocycles. The van der Waals surface area contributed by atoms with Crippen LogP contribution in [0.1, 0.15) is 32.1 Å². The van der Waals surface area contributed by atoms with Crippen LogP contribution in [0.3, 0.4) is 0 Å². The van der Waals surface area contributed by atoms with Crippen molar-refractivity contribution in [3.05, 3.63) is 0 Å². The topological polar surface area (TPSA) is 26.3 Å². The minimum absolute atomic E-state index is 0.183. The molecule has 0 aliphatic carbocycles. The second-order valence-electron chi connectivity index (χ2n) is 3.97. The third-order valence-corrected chi connectivity index (χ3v) is 3.02. The molecule has 13 heavy (non-hydrogen) atoms. The predicted molar refractivity (Wildman–Crippen MR) is 49.1 cm³/mol. The van der Waals surface area contributed by atoms with Gasteiger partial charge in [-0.05, 0) is 25.7 Å². The largest absolute Gasteiger partial charge is 0.375 e. The smallest absolute Gasteiger partial charge is 0.148 e. The number of carbonyl (C=O) groups is 1. The van der Waals surface area contributed by atoms with E-state index in [1.807, 2.05) is 0 Å². The Balaban J connectivity index is 1.95. The predicted octanol–water partition coefficient (Wildman–Crippen LogP) is 1.54. The lowest BCUT2D eigenvalue weighted by atomic mass is 9.90. The summed E-state index contributed by atoms with van der Waals surface area (Å²) < 4.78 is 5.65. The molecule has 2 bridgehead atoms. The van der Waals surface area contributed by atoms with Gasteiger partial charge in [0.25, 0.3) is 0 Å². The Bertz CT molecular complexity index is 239. The van der Waals surface area contributed by atoms with Crippen LogP contribution in [0, 0.1) is 18.3 Å². The highest BCUT2D eigenvalue weighted by molar-refractivity contribution is 5.83. The quantitative estimate of drug-likeness (QED) is 0.599. The number of hydrogen-bond acceptors (Lipinski definition) is 2.